The van der Waals surface area contributed by atoms with E-state index in [4.69, 9.17) is 5.11 Å². The molecule has 0 aliphatic carbocycles. The lowest BCUT2D eigenvalue weighted by atomic mass is 10.1. The first kappa shape index (κ1) is 16.4. The predicted molar refractivity (Wildman–Crippen MR) is 71.1 cm³/mol. The van der Waals surface area contributed by atoms with Crippen LogP contribution in [-0.2, 0) is 10.0 Å². The van der Waals surface area contributed by atoms with E-state index in [1.165, 1.54) is 0 Å². The van der Waals surface area contributed by atoms with E-state index in [0.717, 1.165) is 18.2 Å². The molecule has 0 saturated carbocycles. The van der Waals surface area contributed by atoms with Crippen LogP contribution in [0.15, 0.2) is 23.1 Å². The van der Waals surface area contributed by atoms with Gasteiger partial charge in [-0.3, -0.25) is 0 Å². The molecule has 7 nitrogen and oxygen atoms in total. The van der Waals surface area contributed by atoms with Crippen LogP contribution in [0.5, 0.6) is 5.75 Å². The van der Waals surface area contributed by atoms with Gasteiger partial charge in [0.1, 0.15) is 11.3 Å². The predicted octanol–water partition coefficient (Wildman–Crippen LogP) is 0.386. The van der Waals surface area contributed by atoms with E-state index in [0.29, 0.717) is 0 Å². The molecule has 112 valence electrons. The number of rotatable bonds is 6. The smallest absolute Gasteiger partial charge is 0.339 e. The van der Waals surface area contributed by atoms with Gasteiger partial charge in [0, 0.05) is 6.54 Å². The summed E-state index contributed by atoms with van der Waals surface area (Å²) in [6.07, 6.45) is -0.846. The lowest BCUT2D eigenvalue weighted by Gasteiger charge is -2.15. The second-order valence-corrected chi connectivity index (χ2v) is 6.41. The van der Waals surface area contributed by atoms with Crippen LogP contribution in [0.2, 0.25) is 0 Å². The fourth-order valence-corrected chi connectivity index (χ4v) is 2.44. The third-order valence-electron chi connectivity index (χ3n) is 2.76. The van der Waals surface area contributed by atoms with E-state index in [2.05, 4.69) is 4.72 Å². The SMILES string of the molecule is CC(C)C(O)CNS(=O)(=O)c1ccc(O)c(C(=O)O)c1. The van der Waals surface area contributed by atoms with Crippen LogP contribution in [0.25, 0.3) is 0 Å². The van der Waals surface area contributed by atoms with Crippen molar-refractivity contribution in [3.8, 4) is 5.75 Å². The Balaban J connectivity index is 2.99. The number of sulfonamides is 1. The molecule has 4 N–H and O–H groups in total. The number of aromatic hydroxyl groups is 1. The summed E-state index contributed by atoms with van der Waals surface area (Å²) in [5.41, 5.74) is -0.503. The fourth-order valence-electron chi connectivity index (χ4n) is 1.37. The van der Waals surface area contributed by atoms with Crippen molar-refractivity contribution in [1.82, 2.24) is 4.72 Å². The van der Waals surface area contributed by atoms with Gasteiger partial charge in [-0.1, -0.05) is 13.8 Å². The van der Waals surface area contributed by atoms with Gasteiger partial charge in [0.25, 0.3) is 0 Å². The molecule has 0 radical (unpaired) electrons. The van der Waals surface area contributed by atoms with Gasteiger partial charge in [0.15, 0.2) is 0 Å². The number of aliphatic hydroxyl groups excluding tert-OH is 1. The van der Waals surface area contributed by atoms with E-state index in [9.17, 15) is 23.4 Å². The van der Waals surface area contributed by atoms with Crippen molar-refractivity contribution in [2.45, 2.75) is 24.8 Å². The maximum Gasteiger partial charge on any atom is 0.339 e. The number of aromatic carboxylic acids is 1. The Morgan fingerprint density at radius 2 is 1.95 bits per heavy atom. The molecule has 0 aromatic heterocycles. The van der Waals surface area contributed by atoms with Crippen molar-refractivity contribution in [3.63, 3.8) is 0 Å². The van der Waals surface area contributed by atoms with Crippen LogP contribution in [0.1, 0.15) is 24.2 Å². The molecule has 0 fully saturated rings. The zero-order valence-electron chi connectivity index (χ0n) is 11.1. The molecule has 20 heavy (non-hydrogen) atoms. The lowest BCUT2D eigenvalue weighted by Crippen LogP contribution is -2.34. The summed E-state index contributed by atoms with van der Waals surface area (Å²) in [6, 6.07) is 2.95. The van der Waals surface area contributed by atoms with Crippen molar-refractivity contribution < 1.29 is 28.5 Å². The first-order valence-electron chi connectivity index (χ1n) is 5.89. The van der Waals surface area contributed by atoms with Gasteiger partial charge in [-0.15, -0.1) is 0 Å². The normalized spacial score (nSPS) is 13.4. The quantitative estimate of drug-likeness (QED) is 0.602. The van der Waals surface area contributed by atoms with Gasteiger partial charge in [-0.05, 0) is 24.1 Å². The molecule has 0 bridgehead atoms. The molecule has 1 rings (SSSR count). The average molecular weight is 303 g/mol. The topological polar surface area (TPSA) is 124 Å². The van der Waals surface area contributed by atoms with Crippen LogP contribution in [0.3, 0.4) is 0 Å². The molecule has 0 saturated heterocycles. The van der Waals surface area contributed by atoms with Crippen LogP contribution >= 0.6 is 0 Å². The van der Waals surface area contributed by atoms with Crippen molar-refractivity contribution in [1.29, 1.82) is 0 Å². The number of aliphatic hydroxyl groups is 1. The van der Waals surface area contributed by atoms with Gasteiger partial charge >= 0.3 is 5.97 Å². The molecule has 0 aliphatic rings. The van der Waals surface area contributed by atoms with E-state index in [-0.39, 0.29) is 17.4 Å². The molecule has 1 unspecified atom stereocenters. The summed E-state index contributed by atoms with van der Waals surface area (Å²) in [5.74, 6) is -2.06. The van der Waals surface area contributed by atoms with Gasteiger partial charge in [-0.2, -0.15) is 0 Å². The highest BCUT2D eigenvalue weighted by Gasteiger charge is 2.20. The molecule has 1 aromatic carbocycles. The highest BCUT2D eigenvalue weighted by molar-refractivity contribution is 7.89. The molecule has 0 amide bonds. The van der Waals surface area contributed by atoms with Crippen LogP contribution in [0, 0.1) is 5.92 Å². The van der Waals surface area contributed by atoms with E-state index >= 15 is 0 Å². The molecule has 1 aromatic rings. The monoisotopic (exact) mass is 303 g/mol. The second-order valence-electron chi connectivity index (χ2n) is 4.65. The van der Waals surface area contributed by atoms with Crippen molar-refractivity contribution in [3.05, 3.63) is 23.8 Å². The lowest BCUT2D eigenvalue weighted by molar-refractivity contribution is 0.0693. The number of carbonyl (C=O) groups is 1. The number of hydrogen-bond acceptors (Lipinski definition) is 5. The van der Waals surface area contributed by atoms with E-state index in [1.54, 1.807) is 13.8 Å². The van der Waals surface area contributed by atoms with Gasteiger partial charge < -0.3 is 15.3 Å². The molecular weight excluding hydrogens is 286 g/mol. The number of phenols is 1. The summed E-state index contributed by atoms with van der Waals surface area (Å²) in [4.78, 5) is 10.6. The number of carboxylic acids is 1. The maximum atomic E-state index is 11.9. The summed E-state index contributed by atoms with van der Waals surface area (Å²) >= 11 is 0. The minimum absolute atomic E-state index is 0.118. The summed E-state index contributed by atoms with van der Waals surface area (Å²) in [5, 5.41) is 27.7. The van der Waals surface area contributed by atoms with Gasteiger partial charge in [-0.25, -0.2) is 17.9 Å². The molecule has 0 aliphatic heterocycles. The number of benzene rings is 1. The fraction of sp³-hybridized carbons (Fsp3) is 0.417. The van der Waals surface area contributed by atoms with Gasteiger partial charge in [0.05, 0.1) is 11.0 Å². The molecule has 0 spiro atoms. The highest BCUT2D eigenvalue weighted by atomic mass is 32.2. The third-order valence-corrected chi connectivity index (χ3v) is 4.18. The first-order chi connectivity index (χ1) is 9.15. The highest BCUT2D eigenvalue weighted by Crippen LogP contribution is 2.21. The Bertz CT molecular complexity index is 596. The molecule has 8 heteroatoms. The number of carboxylic acid groups (broad SMARTS) is 1. The third kappa shape index (κ3) is 3.92. The Morgan fingerprint density at radius 3 is 2.45 bits per heavy atom. The minimum atomic E-state index is -3.95. The second kappa shape index (κ2) is 6.21. The van der Waals surface area contributed by atoms with Crippen molar-refractivity contribution in [2.75, 3.05) is 6.54 Å². The van der Waals surface area contributed by atoms with Crippen LogP contribution in [0.4, 0.5) is 0 Å². The largest absolute Gasteiger partial charge is 0.507 e. The zero-order valence-corrected chi connectivity index (χ0v) is 11.9. The zero-order chi connectivity index (χ0) is 15.5. The number of hydrogen-bond donors (Lipinski definition) is 4. The molecule has 0 heterocycles. The maximum absolute atomic E-state index is 11.9. The Morgan fingerprint density at radius 1 is 1.35 bits per heavy atom. The summed E-state index contributed by atoms with van der Waals surface area (Å²) < 4.78 is 26.1. The van der Waals surface area contributed by atoms with Crippen LogP contribution in [-0.4, -0.2) is 42.4 Å². The van der Waals surface area contributed by atoms with Crippen molar-refractivity contribution in [2.24, 2.45) is 5.92 Å². The van der Waals surface area contributed by atoms with Crippen LogP contribution < -0.4 is 4.72 Å². The Labute approximate surface area is 116 Å². The summed E-state index contributed by atoms with van der Waals surface area (Å²) in [6.45, 7) is 3.30. The van der Waals surface area contributed by atoms with E-state index < -0.39 is 33.4 Å². The molecular formula is C12H17NO6S. The standard InChI is InChI=1S/C12H17NO6S/c1-7(2)11(15)6-13-20(18,19)8-3-4-10(14)9(5-8)12(16)17/h3-5,7,11,13-15H,6H2,1-2H3,(H,16,17). The average Bonchev–Trinajstić information content (AvgIpc) is 2.35. The van der Waals surface area contributed by atoms with E-state index in [1.807, 2.05) is 0 Å². The summed E-state index contributed by atoms with van der Waals surface area (Å²) in [7, 11) is -3.95. The number of nitrogens with one attached hydrogen (secondary N) is 1. The Hall–Kier alpha value is -1.64. The minimum Gasteiger partial charge on any atom is -0.507 e. The molecule has 1 atom stereocenters. The van der Waals surface area contributed by atoms with Crippen molar-refractivity contribution >= 4 is 16.0 Å². The first-order valence-corrected chi connectivity index (χ1v) is 7.37. The van der Waals surface area contributed by atoms with Gasteiger partial charge in [0.2, 0.25) is 10.0 Å². The Kier molecular flexibility index (Phi) is 5.09.